The second-order valence-corrected chi connectivity index (χ2v) is 13.9. The Balaban J connectivity index is 0.986. The molecular formula is C39H42O9. The molecule has 9 nitrogen and oxygen atoms in total. The fraction of sp³-hybridized carbons (Fsp3) is 0.410. The molecule has 5 heterocycles. The van der Waals surface area contributed by atoms with Crippen molar-refractivity contribution in [3.8, 4) is 17.2 Å². The fourth-order valence-electron chi connectivity index (χ4n) is 6.30. The molecule has 0 saturated carbocycles. The maximum absolute atomic E-state index is 11.6. The number of epoxide rings is 1. The molecule has 3 aliphatic rings. The summed E-state index contributed by atoms with van der Waals surface area (Å²) in [5, 5.41) is 1.72. The minimum Gasteiger partial charge on any atom is -0.489 e. The standard InChI is InChI=1S/C39H42O9/c1-24(14-18-41-27-10-8-26-9-12-35(40)44-30(26)22-27)7-11-33-38(5,6)48-39(47-33)17-13-28-32(45-39)23-31-29(16-20-42-31)36(28)43-19-15-25(2)21-34-37(3,4)46-34/h8-10,12-17,20,22-23,33-34H,7,11,18-19,21H2,1-6H3. The highest BCUT2D eigenvalue weighted by Crippen LogP contribution is 2.48. The van der Waals surface area contributed by atoms with E-state index in [0.717, 1.165) is 41.2 Å². The summed E-state index contributed by atoms with van der Waals surface area (Å²) in [5.41, 5.74) is 3.33. The number of fused-ring (bicyclic) bond motifs is 3. The van der Waals surface area contributed by atoms with E-state index in [2.05, 4.69) is 33.8 Å². The number of hydrogen-bond acceptors (Lipinski definition) is 9. The lowest BCUT2D eigenvalue weighted by molar-refractivity contribution is -0.270. The molecule has 7 rings (SSSR count). The Labute approximate surface area is 279 Å². The first-order valence-corrected chi connectivity index (χ1v) is 16.5. The van der Waals surface area contributed by atoms with Crippen LogP contribution in [0.2, 0.25) is 0 Å². The van der Waals surface area contributed by atoms with Crippen LogP contribution in [0.4, 0.5) is 0 Å². The summed E-state index contributed by atoms with van der Waals surface area (Å²) in [6.45, 7) is 13.2. The van der Waals surface area contributed by atoms with Gasteiger partial charge in [0.2, 0.25) is 0 Å². The van der Waals surface area contributed by atoms with E-state index >= 15 is 0 Å². The zero-order chi connectivity index (χ0) is 33.7. The molecule has 3 aliphatic heterocycles. The molecule has 0 amide bonds. The first kappa shape index (κ1) is 32.2. The summed E-state index contributed by atoms with van der Waals surface area (Å²) in [5.74, 6) is 0.539. The summed E-state index contributed by atoms with van der Waals surface area (Å²) in [6.07, 6.45) is 12.0. The van der Waals surface area contributed by atoms with E-state index in [0.29, 0.717) is 41.6 Å². The number of ether oxygens (including phenoxy) is 6. The van der Waals surface area contributed by atoms with Crippen molar-refractivity contribution in [2.24, 2.45) is 0 Å². The van der Waals surface area contributed by atoms with Gasteiger partial charge in [0.05, 0.1) is 40.6 Å². The molecule has 2 aromatic carbocycles. The van der Waals surface area contributed by atoms with Gasteiger partial charge in [-0.3, -0.25) is 0 Å². The lowest BCUT2D eigenvalue weighted by Crippen LogP contribution is -2.38. The van der Waals surface area contributed by atoms with E-state index in [1.165, 1.54) is 11.6 Å². The maximum Gasteiger partial charge on any atom is 0.350 e. The maximum atomic E-state index is 11.6. The van der Waals surface area contributed by atoms with Crippen molar-refractivity contribution in [1.82, 2.24) is 0 Å². The Morgan fingerprint density at radius 1 is 0.875 bits per heavy atom. The number of benzene rings is 2. The van der Waals surface area contributed by atoms with Crippen LogP contribution in [0.1, 0.15) is 66.4 Å². The van der Waals surface area contributed by atoms with Crippen molar-refractivity contribution in [3.63, 3.8) is 0 Å². The van der Waals surface area contributed by atoms with Gasteiger partial charge in [-0.2, -0.15) is 0 Å². The topological polar surface area (TPSA) is 102 Å². The van der Waals surface area contributed by atoms with Crippen LogP contribution < -0.4 is 19.8 Å². The van der Waals surface area contributed by atoms with Gasteiger partial charge in [0, 0.05) is 29.7 Å². The van der Waals surface area contributed by atoms with Crippen LogP contribution in [0, 0.1) is 0 Å². The monoisotopic (exact) mass is 654 g/mol. The van der Waals surface area contributed by atoms with Gasteiger partial charge in [0.1, 0.15) is 41.6 Å². The number of hydrogen-bond donors (Lipinski definition) is 0. The van der Waals surface area contributed by atoms with Crippen molar-refractivity contribution in [1.29, 1.82) is 0 Å². The normalized spacial score (nSPS) is 24.2. The van der Waals surface area contributed by atoms with Crippen LogP contribution in [0.15, 0.2) is 91.7 Å². The molecule has 2 saturated heterocycles. The van der Waals surface area contributed by atoms with Crippen molar-refractivity contribution < 1.29 is 37.3 Å². The van der Waals surface area contributed by atoms with Crippen LogP contribution in [0.5, 0.6) is 17.2 Å². The van der Waals surface area contributed by atoms with Gasteiger partial charge >= 0.3 is 11.6 Å². The van der Waals surface area contributed by atoms with Crippen LogP contribution in [0.25, 0.3) is 28.0 Å². The first-order valence-electron chi connectivity index (χ1n) is 16.5. The molecule has 48 heavy (non-hydrogen) atoms. The number of allylic oxidation sites excluding steroid dienone is 1. The molecule has 4 aromatic rings. The van der Waals surface area contributed by atoms with Crippen LogP contribution in [0.3, 0.4) is 0 Å². The Kier molecular flexibility index (Phi) is 8.26. The molecular weight excluding hydrogens is 612 g/mol. The summed E-state index contributed by atoms with van der Waals surface area (Å²) >= 11 is 0. The predicted octanol–water partition coefficient (Wildman–Crippen LogP) is 8.49. The Bertz CT molecular complexity index is 1990. The molecule has 0 N–H and O–H groups in total. The first-order chi connectivity index (χ1) is 22.9. The average Bonchev–Trinajstić information content (AvgIpc) is 3.30. The van der Waals surface area contributed by atoms with Crippen LogP contribution >= 0.6 is 0 Å². The molecule has 2 aromatic heterocycles. The summed E-state index contributed by atoms with van der Waals surface area (Å²) < 4.78 is 48.5. The van der Waals surface area contributed by atoms with E-state index in [1.807, 2.05) is 56.3 Å². The predicted molar refractivity (Wildman–Crippen MR) is 182 cm³/mol. The van der Waals surface area contributed by atoms with Crippen molar-refractivity contribution >= 4 is 28.0 Å². The zero-order valence-electron chi connectivity index (χ0n) is 28.3. The van der Waals surface area contributed by atoms with Gasteiger partial charge < -0.3 is 37.3 Å². The number of furan rings is 1. The van der Waals surface area contributed by atoms with Gasteiger partial charge in [-0.1, -0.05) is 11.1 Å². The lowest BCUT2D eigenvalue weighted by atomic mass is 9.96. The minimum absolute atomic E-state index is 0.0415. The molecule has 0 aliphatic carbocycles. The third kappa shape index (κ3) is 6.67. The average molecular weight is 655 g/mol. The minimum atomic E-state index is -1.36. The van der Waals surface area contributed by atoms with E-state index in [4.69, 9.17) is 37.3 Å². The SMILES string of the molecule is CC(=CCOc1ccc2ccc(=O)oc2c1)CCC1OC2(C=Cc3c(cc4occc4c3OCC=C(C)CC3OC3(C)C)O2)OC1(C)C. The van der Waals surface area contributed by atoms with Gasteiger partial charge in [-0.15, -0.1) is 0 Å². The van der Waals surface area contributed by atoms with Gasteiger partial charge in [0.25, 0.3) is 0 Å². The van der Waals surface area contributed by atoms with Gasteiger partial charge in [-0.05, 0) is 103 Å². The second-order valence-electron chi connectivity index (χ2n) is 13.9. The van der Waals surface area contributed by atoms with Crippen molar-refractivity contribution in [2.75, 3.05) is 13.2 Å². The van der Waals surface area contributed by atoms with E-state index in [1.54, 1.807) is 18.4 Å². The van der Waals surface area contributed by atoms with E-state index < -0.39 is 11.6 Å². The largest absolute Gasteiger partial charge is 0.489 e. The van der Waals surface area contributed by atoms with E-state index in [-0.39, 0.29) is 23.4 Å². The highest BCUT2D eigenvalue weighted by molar-refractivity contribution is 5.91. The molecule has 0 radical (unpaired) electrons. The Morgan fingerprint density at radius 3 is 2.46 bits per heavy atom. The lowest BCUT2D eigenvalue weighted by Gasteiger charge is -2.30. The Morgan fingerprint density at radius 2 is 1.65 bits per heavy atom. The van der Waals surface area contributed by atoms with Crippen LogP contribution in [-0.4, -0.2) is 42.6 Å². The van der Waals surface area contributed by atoms with Crippen LogP contribution in [-0.2, 0) is 14.2 Å². The summed E-state index contributed by atoms with van der Waals surface area (Å²) in [7, 11) is 0. The molecule has 3 unspecified atom stereocenters. The van der Waals surface area contributed by atoms with Crippen molar-refractivity contribution in [2.45, 2.75) is 90.2 Å². The smallest absolute Gasteiger partial charge is 0.350 e. The molecule has 9 heteroatoms. The Hall–Kier alpha value is -4.31. The number of rotatable bonds is 11. The third-order valence-corrected chi connectivity index (χ3v) is 9.31. The second kappa shape index (κ2) is 12.3. The molecule has 1 spiro atoms. The van der Waals surface area contributed by atoms with E-state index in [9.17, 15) is 4.79 Å². The summed E-state index contributed by atoms with van der Waals surface area (Å²) in [4.78, 5) is 11.6. The molecule has 2 fully saturated rings. The highest BCUT2D eigenvalue weighted by Gasteiger charge is 2.54. The molecule has 3 atom stereocenters. The molecule has 252 valence electrons. The zero-order valence-corrected chi connectivity index (χ0v) is 28.3. The van der Waals surface area contributed by atoms with Gasteiger partial charge in [0.15, 0.2) is 0 Å². The third-order valence-electron chi connectivity index (χ3n) is 9.31. The highest BCUT2D eigenvalue weighted by atomic mass is 16.9. The van der Waals surface area contributed by atoms with Crippen molar-refractivity contribution in [3.05, 3.63) is 94.1 Å². The summed E-state index contributed by atoms with van der Waals surface area (Å²) in [6, 6.07) is 12.4. The van der Waals surface area contributed by atoms with Gasteiger partial charge in [-0.25, -0.2) is 4.79 Å². The quantitative estimate of drug-likeness (QED) is 0.0895. The fourth-order valence-corrected chi connectivity index (χ4v) is 6.30. The molecule has 0 bridgehead atoms.